The highest BCUT2D eigenvalue weighted by atomic mass is 16.5. The van der Waals surface area contributed by atoms with E-state index in [9.17, 15) is 4.79 Å². The maximum absolute atomic E-state index is 12.8. The molecule has 4 nitrogen and oxygen atoms in total. The molecule has 1 atom stereocenters. The number of nitrogens with one attached hydrogen (secondary N) is 1. The predicted octanol–water partition coefficient (Wildman–Crippen LogP) is 3.51. The summed E-state index contributed by atoms with van der Waals surface area (Å²) in [6, 6.07) is 15.1. The summed E-state index contributed by atoms with van der Waals surface area (Å²) in [5.41, 5.74) is 2.09. The molecule has 1 heterocycles. The van der Waals surface area contributed by atoms with E-state index in [1.807, 2.05) is 37.3 Å². The highest BCUT2D eigenvalue weighted by Crippen LogP contribution is 2.39. The Morgan fingerprint density at radius 2 is 2.00 bits per heavy atom. The van der Waals surface area contributed by atoms with Gasteiger partial charge < -0.3 is 14.8 Å². The minimum atomic E-state index is -0.430. The molecule has 3 rings (SSSR count). The number of hydrogen-bond donors (Lipinski definition) is 1. The molecule has 2 aromatic rings. The van der Waals surface area contributed by atoms with Crippen molar-refractivity contribution in [1.82, 2.24) is 5.32 Å². The first-order valence-corrected chi connectivity index (χ1v) is 7.65. The Bertz CT molecular complexity index is 738. The molecule has 0 saturated heterocycles. The van der Waals surface area contributed by atoms with Crippen molar-refractivity contribution in [3.63, 3.8) is 0 Å². The van der Waals surface area contributed by atoms with Gasteiger partial charge in [-0.3, -0.25) is 4.79 Å². The molecule has 0 aliphatic carbocycles. The molecule has 1 N–H and O–H groups in total. The smallest absolute Gasteiger partial charge is 0.198 e. The van der Waals surface area contributed by atoms with Crippen LogP contribution in [0.4, 0.5) is 0 Å². The monoisotopic (exact) mass is 309 g/mol. The Morgan fingerprint density at radius 1 is 1.22 bits per heavy atom. The third-order valence-corrected chi connectivity index (χ3v) is 3.70. The molecule has 0 radical (unpaired) electrons. The summed E-state index contributed by atoms with van der Waals surface area (Å²) < 4.78 is 11.6. The molecular weight excluding hydrogens is 290 g/mol. The van der Waals surface area contributed by atoms with Gasteiger partial charge in [0.15, 0.2) is 11.9 Å². The van der Waals surface area contributed by atoms with Crippen LogP contribution in [-0.2, 0) is 0 Å². The van der Waals surface area contributed by atoms with Gasteiger partial charge in [0.1, 0.15) is 11.5 Å². The largest absolute Gasteiger partial charge is 0.494 e. The van der Waals surface area contributed by atoms with E-state index in [0.29, 0.717) is 29.2 Å². The maximum atomic E-state index is 12.8. The Balaban J connectivity index is 2.06. The van der Waals surface area contributed by atoms with E-state index in [2.05, 4.69) is 5.32 Å². The number of rotatable bonds is 4. The lowest BCUT2D eigenvalue weighted by Gasteiger charge is -2.28. The van der Waals surface area contributed by atoms with Gasteiger partial charge in [-0.2, -0.15) is 0 Å². The fraction of sp³-hybridized carbons (Fsp3) is 0.211. The first kappa shape index (κ1) is 15.2. The fourth-order valence-corrected chi connectivity index (χ4v) is 2.68. The van der Waals surface area contributed by atoms with Crippen LogP contribution in [0.5, 0.6) is 11.5 Å². The van der Waals surface area contributed by atoms with Crippen LogP contribution in [-0.4, -0.2) is 19.4 Å². The average molecular weight is 309 g/mol. The van der Waals surface area contributed by atoms with Crippen molar-refractivity contribution in [2.75, 3.05) is 13.7 Å². The highest BCUT2D eigenvalue weighted by molar-refractivity contribution is 6.12. The lowest BCUT2D eigenvalue weighted by atomic mass is 9.91. The maximum Gasteiger partial charge on any atom is 0.198 e. The Morgan fingerprint density at radius 3 is 2.70 bits per heavy atom. The van der Waals surface area contributed by atoms with E-state index in [0.717, 1.165) is 5.56 Å². The normalized spacial score (nSPS) is 18.3. The number of hydrogen-bond acceptors (Lipinski definition) is 4. The molecule has 1 unspecified atom stereocenters. The first-order valence-electron chi connectivity index (χ1n) is 7.65. The van der Waals surface area contributed by atoms with Crippen LogP contribution in [0.1, 0.15) is 28.9 Å². The summed E-state index contributed by atoms with van der Waals surface area (Å²) in [5.74, 6) is 1.23. The van der Waals surface area contributed by atoms with Crippen LogP contribution in [0.3, 0.4) is 0 Å². The number of ether oxygens (including phenoxy) is 2. The molecule has 0 amide bonds. The van der Waals surface area contributed by atoms with Gasteiger partial charge in [-0.15, -0.1) is 0 Å². The van der Waals surface area contributed by atoms with E-state index in [4.69, 9.17) is 9.47 Å². The van der Waals surface area contributed by atoms with Crippen molar-refractivity contribution in [2.24, 2.45) is 0 Å². The molecule has 1 aliphatic rings. The molecule has 0 bridgehead atoms. The number of fused-ring (bicyclic) bond motifs is 1. The van der Waals surface area contributed by atoms with Crippen molar-refractivity contribution in [3.8, 4) is 11.5 Å². The number of carbonyl (C=O) groups is 1. The molecule has 0 spiro atoms. The zero-order valence-corrected chi connectivity index (χ0v) is 13.2. The molecule has 1 aliphatic heterocycles. The van der Waals surface area contributed by atoms with Crippen molar-refractivity contribution in [1.29, 1.82) is 0 Å². The van der Waals surface area contributed by atoms with E-state index in [1.165, 1.54) is 0 Å². The second kappa shape index (κ2) is 6.57. The van der Waals surface area contributed by atoms with Gasteiger partial charge in [-0.1, -0.05) is 30.3 Å². The Kier molecular flexibility index (Phi) is 4.33. The van der Waals surface area contributed by atoms with Gasteiger partial charge in [0, 0.05) is 19.3 Å². The van der Waals surface area contributed by atoms with Crippen molar-refractivity contribution >= 4 is 5.78 Å². The third kappa shape index (κ3) is 2.93. The van der Waals surface area contributed by atoms with Gasteiger partial charge in [0.25, 0.3) is 0 Å². The van der Waals surface area contributed by atoms with Crippen LogP contribution in [0.2, 0.25) is 0 Å². The molecule has 23 heavy (non-hydrogen) atoms. The summed E-state index contributed by atoms with van der Waals surface area (Å²) >= 11 is 0. The SMILES string of the molecule is CCOc1ccc2c(c1)OC(c1ccccc1)C(=CNC)C2=O. The lowest BCUT2D eigenvalue weighted by molar-refractivity contribution is 0.0959. The summed E-state index contributed by atoms with van der Waals surface area (Å²) in [5, 5.41) is 2.94. The number of ketones is 1. The van der Waals surface area contributed by atoms with Crippen molar-refractivity contribution < 1.29 is 14.3 Å². The quantitative estimate of drug-likeness (QED) is 0.878. The zero-order chi connectivity index (χ0) is 16.2. The van der Waals surface area contributed by atoms with E-state index in [-0.39, 0.29) is 5.78 Å². The lowest BCUT2D eigenvalue weighted by Crippen LogP contribution is -2.25. The van der Waals surface area contributed by atoms with Gasteiger partial charge >= 0.3 is 0 Å². The first-order chi connectivity index (χ1) is 11.2. The van der Waals surface area contributed by atoms with E-state index >= 15 is 0 Å². The minimum absolute atomic E-state index is 0.0301. The van der Waals surface area contributed by atoms with Crippen molar-refractivity contribution in [2.45, 2.75) is 13.0 Å². The van der Waals surface area contributed by atoms with Gasteiger partial charge in [-0.25, -0.2) is 0 Å². The molecular formula is C19H19NO3. The van der Waals surface area contributed by atoms with Crippen LogP contribution in [0, 0.1) is 0 Å². The number of Topliss-reactive ketones (excluding diaryl/α,β-unsaturated/α-hetero) is 1. The second-order valence-corrected chi connectivity index (χ2v) is 5.22. The summed E-state index contributed by atoms with van der Waals surface area (Å²) in [6.45, 7) is 2.49. The molecule has 0 saturated carbocycles. The van der Waals surface area contributed by atoms with Gasteiger partial charge in [0.2, 0.25) is 0 Å². The predicted molar refractivity (Wildman–Crippen MR) is 88.9 cm³/mol. The molecule has 118 valence electrons. The number of benzene rings is 2. The molecule has 0 fully saturated rings. The number of carbonyl (C=O) groups excluding carboxylic acids is 1. The molecule has 4 heteroatoms. The van der Waals surface area contributed by atoms with Crippen LogP contribution in [0.25, 0.3) is 0 Å². The van der Waals surface area contributed by atoms with Crippen LogP contribution >= 0.6 is 0 Å². The minimum Gasteiger partial charge on any atom is -0.494 e. The van der Waals surface area contributed by atoms with Crippen LogP contribution in [0.15, 0.2) is 60.3 Å². The molecule has 2 aromatic carbocycles. The van der Waals surface area contributed by atoms with Gasteiger partial charge in [-0.05, 0) is 24.6 Å². The Labute approximate surface area is 135 Å². The van der Waals surface area contributed by atoms with Crippen LogP contribution < -0.4 is 14.8 Å². The summed E-state index contributed by atoms with van der Waals surface area (Å²) in [4.78, 5) is 12.8. The van der Waals surface area contributed by atoms with Crippen molar-refractivity contribution in [3.05, 3.63) is 71.4 Å². The summed E-state index contributed by atoms with van der Waals surface area (Å²) in [7, 11) is 1.77. The van der Waals surface area contributed by atoms with E-state index in [1.54, 1.807) is 31.4 Å². The zero-order valence-electron chi connectivity index (χ0n) is 13.2. The standard InChI is InChI=1S/C19H19NO3/c1-3-22-14-9-10-15-17(11-14)23-19(13-7-5-4-6-8-13)16(12-20-2)18(15)21/h4-12,19-20H,3H2,1-2H3. The fourth-order valence-electron chi connectivity index (χ4n) is 2.68. The molecule has 0 aromatic heterocycles. The summed E-state index contributed by atoms with van der Waals surface area (Å²) in [6.07, 6.45) is 1.28. The highest BCUT2D eigenvalue weighted by Gasteiger charge is 2.33. The Hall–Kier alpha value is -2.75. The third-order valence-electron chi connectivity index (χ3n) is 3.70. The topological polar surface area (TPSA) is 47.6 Å². The van der Waals surface area contributed by atoms with E-state index < -0.39 is 6.10 Å². The van der Waals surface area contributed by atoms with Gasteiger partial charge in [0.05, 0.1) is 17.7 Å². The average Bonchev–Trinajstić information content (AvgIpc) is 2.58. The second-order valence-electron chi connectivity index (χ2n) is 5.22.